The van der Waals surface area contributed by atoms with Crippen LogP contribution in [0.4, 0.5) is 11.9 Å². The molecular formula is C9H13N7OS. The summed E-state index contributed by atoms with van der Waals surface area (Å²) in [6.45, 7) is 2.54. The summed E-state index contributed by atoms with van der Waals surface area (Å²) in [6, 6.07) is 0.195. The van der Waals surface area contributed by atoms with Crippen molar-refractivity contribution in [2.45, 2.75) is 13.5 Å². The van der Waals surface area contributed by atoms with E-state index in [0.717, 1.165) is 9.88 Å². The monoisotopic (exact) mass is 267 g/mol. The molecule has 0 aliphatic heterocycles. The fourth-order valence-corrected chi connectivity index (χ4v) is 1.98. The number of nitrogen functional groups attached to an aromatic ring is 1. The zero-order valence-corrected chi connectivity index (χ0v) is 10.8. The van der Waals surface area contributed by atoms with Crippen LogP contribution < -0.4 is 21.3 Å². The van der Waals surface area contributed by atoms with Crippen LogP contribution >= 0.6 is 11.3 Å². The number of hydrogen-bond donors (Lipinski definition) is 3. The molecule has 0 unspecified atom stereocenters. The van der Waals surface area contributed by atoms with E-state index < -0.39 is 0 Å². The average molecular weight is 267 g/mol. The van der Waals surface area contributed by atoms with Gasteiger partial charge >= 0.3 is 6.01 Å². The van der Waals surface area contributed by atoms with Crippen molar-refractivity contribution in [3.05, 3.63) is 16.1 Å². The largest absolute Gasteiger partial charge is 0.467 e. The minimum atomic E-state index is 0.195. The summed E-state index contributed by atoms with van der Waals surface area (Å²) in [5.41, 5.74) is 2.35. The molecular weight excluding hydrogens is 254 g/mol. The second-order valence-electron chi connectivity index (χ2n) is 3.31. The molecule has 0 spiro atoms. The van der Waals surface area contributed by atoms with Gasteiger partial charge in [0, 0.05) is 11.1 Å². The lowest BCUT2D eigenvalue weighted by atomic mass is 10.5. The van der Waals surface area contributed by atoms with Crippen molar-refractivity contribution in [3.8, 4) is 6.01 Å². The molecule has 8 nitrogen and oxygen atoms in total. The number of methoxy groups -OCH3 is 1. The molecule has 4 N–H and O–H groups in total. The standard InChI is InChI=1S/C9H13N7OS/c1-5-11-3-6(18-5)4-12-7-13-8(16-10)15-9(14-7)17-2/h3H,4,10H2,1-2H3,(H2,12,13,14,15,16). The summed E-state index contributed by atoms with van der Waals surface area (Å²) in [6.07, 6.45) is 1.81. The average Bonchev–Trinajstić information content (AvgIpc) is 2.81. The summed E-state index contributed by atoms with van der Waals surface area (Å²) in [4.78, 5) is 17.3. The van der Waals surface area contributed by atoms with Crippen LogP contribution in [-0.2, 0) is 6.54 Å². The molecule has 0 fully saturated rings. The van der Waals surface area contributed by atoms with Gasteiger partial charge in [-0.1, -0.05) is 0 Å². The number of aromatic nitrogens is 4. The molecule has 0 aliphatic rings. The normalized spacial score (nSPS) is 10.2. The molecule has 96 valence electrons. The Balaban J connectivity index is 2.08. The summed E-state index contributed by atoms with van der Waals surface area (Å²) in [5.74, 6) is 5.89. The Labute approximate surface area is 108 Å². The number of hydrogen-bond acceptors (Lipinski definition) is 9. The molecule has 18 heavy (non-hydrogen) atoms. The van der Waals surface area contributed by atoms with Crippen molar-refractivity contribution >= 4 is 23.2 Å². The Morgan fingerprint density at radius 1 is 1.33 bits per heavy atom. The number of nitrogens with one attached hydrogen (secondary N) is 2. The molecule has 2 heterocycles. The maximum atomic E-state index is 5.26. The van der Waals surface area contributed by atoms with E-state index in [1.54, 1.807) is 11.3 Å². The lowest BCUT2D eigenvalue weighted by molar-refractivity contribution is 0.379. The molecule has 2 rings (SSSR count). The third-order valence-electron chi connectivity index (χ3n) is 2.02. The third kappa shape index (κ3) is 3.02. The molecule has 0 saturated carbocycles. The lowest BCUT2D eigenvalue weighted by Crippen LogP contribution is -2.13. The third-order valence-corrected chi connectivity index (χ3v) is 2.93. The Kier molecular flexibility index (Phi) is 3.85. The summed E-state index contributed by atoms with van der Waals surface area (Å²) < 4.78 is 4.95. The fourth-order valence-electron chi connectivity index (χ4n) is 1.24. The van der Waals surface area contributed by atoms with Crippen LogP contribution in [0.15, 0.2) is 6.20 Å². The van der Waals surface area contributed by atoms with Crippen LogP contribution in [0.1, 0.15) is 9.88 Å². The molecule has 0 radical (unpaired) electrons. The van der Waals surface area contributed by atoms with Gasteiger partial charge in [0.2, 0.25) is 11.9 Å². The van der Waals surface area contributed by atoms with Crippen LogP contribution in [0.25, 0.3) is 0 Å². The van der Waals surface area contributed by atoms with Crippen LogP contribution in [-0.4, -0.2) is 27.0 Å². The summed E-state index contributed by atoms with van der Waals surface area (Å²) in [7, 11) is 1.48. The van der Waals surface area contributed by atoms with Crippen molar-refractivity contribution in [2.75, 3.05) is 17.9 Å². The van der Waals surface area contributed by atoms with E-state index in [1.807, 2.05) is 13.1 Å². The Morgan fingerprint density at radius 2 is 2.11 bits per heavy atom. The topological polar surface area (TPSA) is 111 Å². The number of aryl methyl sites for hydroxylation is 1. The van der Waals surface area contributed by atoms with Crippen LogP contribution in [0.3, 0.4) is 0 Å². The van der Waals surface area contributed by atoms with Gasteiger partial charge in [0.25, 0.3) is 0 Å². The molecule has 0 saturated heterocycles. The van der Waals surface area contributed by atoms with Gasteiger partial charge in [-0.05, 0) is 6.92 Å². The first-order valence-corrected chi connectivity index (χ1v) is 5.95. The first-order chi connectivity index (χ1) is 8.71. The maximum absolute atomic E-state index is 5.26. The molecule has 9 heteroatoms. The van der Waals surface area contributed by atoms with E-state index in [4.69, 9.17) is 10.6 Å². The zero-order chi connectivity index (χ0) is 13.0. The number of anilines is 2. The van der Waals surface area contributed by atoms with Crippen molar-refractivity contribution < 1.29 is 4.74 Å². The molecule has 2 aromatic heterocycles. The van der Waals surface area contributed by atoms with Crippen molar-refractivity contribution in [1.82, 2.24) is 19.9 Å². The van der Waals surface area contributed by atoms with Gasteiger partial charge in [0.15, 0.2) is 0 Å². The predicted octanol–water partition coefficient (Wildman–Crippen LogP) is 0.543. The minimum absolute atomic E-state index is 0.195. The number of thiazole rings is 1. The molecule has 0 amide bonds. The minimum Gasteiger partial charge on any atom is -0.467 e. The first kappa shape index (κ1) is 12.5. The van der Waals surface area contributed by atoms with Gasteiger partial charge in [-0.3, -0.25) is 5.43 Å². The highest BCUT2D eigenvalue weighted by Crippen LogP contribution is 2.14. The van der Waals surface area contributed by atoms with E-state index in [-0.39, 0.29) is 12.0 Å². The number of ether oxygens (including phenoxy) is 1. The smallest absolute Gasteiger partial charge is 0.322 e. The highest BCUT2D eigenvalue weighted by atomic mass is 32.1. The molecule has 0 bridgehead atoms. The van der Waals surface area contributed by atoms with Gasteiger partial charge < -0.3 is 10.1 Å². The molecule has 2 aromatic rings. The Hall–Kier alpha value is -2.00. The SMILES string of the molecule is COc1nc(NN)nc(NCc2cnc(C)s2)n1. The van der Waals surface area contributed by atoms with Crippen molar-refractivity contribution in [2.24, 2.45) is 5.84 Å². The van der Waals surface area contributed by atoms with Gasteiger partial charge in [0.1, 0.15) is 0 Å². The number of nitrogens with zero attached hydrogens (tertiary/aromatic N) is 4. The van der Waals surface area contributed by atoms with E-state index >= 15 is 0 Å². The molecule has 0 atom stereocenters. The Bertz CT molecular complexity index is 507. The highest BCUT2D eigenvalue weighted by Gasteiger charge is 2.06. The fraction of sp³-hybridized carbons (Fsp3) is 0.333. The second-order valence-corrected chi connectivity index (χ2v) is 4.63. The second kappa shape index (κ2) is 5.56. The summed E-state index contributed by atoms with van der Waals surface area (Å²) >= 11 is 1.61. The van der Waals surface area contributed by atoms with E-state index in [2.05, 4.69) is 30.7 Å². The first-order valence-electron chi connectivity index (χ1n) is 5.13. The Morgan fingerprint density at radius 3 is 2.72 bits per heavy atom. The van der Waals surface area contributed by atoms with Crippen LogP contribution in [0.5, 0.6) is 6.01 Å². The van der Waals surface area contributed by atoms with Crippen molar-refractivity contribution in [3.63, 3.8) is 0 Å². The quantitative estimate of drug-likeness (QED) is 0.532. The van der Waals surface area contributed by atoms with E-state index in [0.29, 0.717) is 12.5 Å². The lowest BCUT2D eigenvalue weighted by Gasteiger charge is -2.06. The highest BCUT2D eigenvalue weighted by molar-refractivity contribution is 7.11. The molecule has 0 aliphatic carbocycles. The van der Waals surface area contributed by atoms with Crippen molar-refractivity contribution in [1.29, 1.82) is 0 Å². The maximum Gasteiger partial charge on any atom is 0.322 e. The van der Waals surface area contributed by atoms with Gasteiger partial charge in [0.05, 0.1) is 18.7 Å². The van der Waals surface area contributed by atoms with E-state index in [9.17, 15) is 0 Å². The number of rotatable bonds is 5. The number of hydrazine groups is 1. The summed E-state index contributed by atoms with van der Waals surface area (Å²) in [5, 5.41) is 4.07. The van der Waals surface area contributed by atoms with Crippen LogP contribution in [0, 0.1) is 6.92 Å². The van der Waals surface area contributed by atoms with Gasteiger partial charge in [-0.15, -0.1) is 11.3 Å². The predicted molar refractivity (Wildman–Crippen MR) is 68.4 cm³/mol. The van der Waals surface area contributed by atoms with Gasteiger partial charge in [-0.25, -0.2) is 10.8 Å². The zero-order valence-electron chi connectivity index (χ0n) is 9.97. The molecule has 0 aromatic carbocycles. The van der Waals surface area contributed by atoms with E-state index in [1.165, 1.54) is 7.11 Å². The van der Waals surface area contributed by atoms with Crippen LogP contribution in [0.2, 0.25) is 0 Å². The van der Waals surface area contributed by atoms with Gasteiger partial charge in [-0.2, -0.15) is 15.0 Å². The number of nitrogens with two attached hydrogens (primary N) is 1.